The van der Waals surface area contributed by atoms with Crippen molar-refractivity contribution in [1.82, 2.24) is 30.2 Å². The summed E-state index contributed by atoms with van der Waals surface area (Å²) in [7, 11) is 0. The molecule has 6 N–H and O–H groups in total. The third-order valence-corrected chi connectivity index (χ3v) is 12.6. The number of aliphatic carboxylic acids is 2. The van der Waals surface area contributed by atoms with E-state index >= 15 is 0 Å². The molecule has 18 heteroatoms. The van der Waals surface area contributed by atoms with E-state index in [0.29, 0.717) is 70.4 Å². The minimum absolute atomic E-state index is 0.340. The van der Waals surface area contributed by atoms with Crippen molar-refractivity contribution in [1.29, 1.82) is 0 Å². The van der Waals surface area contributed by atoms with Gasteiger partial charge in [0, 0.05) is 47.2 Å². The van der Waals surface area contributed by atoms with E-state index in [2.05, 4.69) is 30.2 Å². The van der Waals surface area contributed by atoms with Crippen LogP contribution in [0.4, 0.5) is 11.4 Å². The van der Waals surface area contributed by atoms with E-state index in [0.717, 1.165) is 135 Å². The minimum Gasteiger partial charge on any atom is -0.492 e. The number of nitrogens with zero attached hydrogens (tertiary/aromatic N) is 6. The molecule has 0 radical (unpaired) electrons. The average Bonchev–Trinajstić information content (AvgIpc) is 4.20. The van der Waals surface area contributed by atoms with Gasteiger partial charge in [0.05, 0.1) is 45.8 Å². The lowest BCUT2D eigenvalue weighted by Gasteiger charge is -2.30. The van der Waals surface area contributed by atoms with Gasteiger partial charge in [0.1, 0.15) is 11.5 Å². The van der Waals surface area contributed by atoms with Crippen LogP contribution >= 0.6 is 23.2 Å². The predicted octanol–water partition coefficient (Wildman–Crippen LogP) is 6.99. The number of nitrogens with two attached hydrogens (primary N) is 2. The van der Waals surface area contributed by atoms with E-state index < -0.39 is 11.9 Å². The Morgan fingerprint density at radius 2 is 1.02 bits per heavy atom. The van der Waals surface area contributed by atoms with Crippen LogP contribution in [0.1, 0.15) is 99.0 Å². The Bertz CT molecular complexity index is 2070. The largest absolute Gasteiger partial charge is 0.492 e. The molecule has 2 aromatic heterocycles. The molecule has 2 saturated carbocycles. The quantitative estimate of drug-likeness (QED) is 0.103. The number of carboxylic acid groups (broad SMARTS) is 2. The zero-order valence-electron chi connectivity index (χ0n) is 33.3. The summed E-state index contributed by atoms with van der Waals surface area (Å²) in [5, 5.41) is 33.9. The standard InChI is InChI=1S/2C19H23ClN4O2.C4H4O4/c2*20-15-10-14(17-13(16(15)21)2-1-9-25-17)19-23-22-18(26-19)11-5-7-24(8-6-11)12-3-4-12;5-3(6)1-2-4(7)8/h2*10-12H,1-9,21H2;1-2H,(H,5,6)(H,7,8)/b;;2-1+. The normalized spacial score (nSPS) is 19.8. The van der Waals surface area contributed by atoms with Gasteiger partial charge in [-0.25, -0.2) is 9.59 Å². The molecule has 2 aliphatic carbocycles. The van der Waals surface area contributed by atoms with Crippen LogP contribution in [0.3, 0.4) is 0 Å². The molecule has 4 aliphatic heterocycles. The van der Waals surface area contributed by atoms with Crippen molar-refractivity contribution >= 4 is 46.5 Å². The van der Waals surface area contributed by atoms with Crippen molar-refractivity contribution in [3.63, 3.8) is 0 Å². The first-order valence-corrected chi connectivity index (χ1v) is 21.6. The molecule has 10 rings (SSSR count). The van der Waals surface area contributed by atoms with Crippen LogP contribution in [0.5, 0.6) is 11.5 Å². The molecule has 4 fully saturated rings. The lowest BCUT2D eigenvalue weighted by atomic mass is 9.97. The maximum absolute atomic E-state index is 9.55. The first-order valence-electron chi connectivity index (χ1n) is 20.8. The molecule has 2 aromatic carbocycles. The number of hydrogen-bond donors (Lipinski definition) is 4. The summed E-state index contributed by atoms with van der Waals surface area (Å²) in [6.07, 6.45) is 14.5. The summed E-state index contributed by atoms with van der Waals surface area (Å²) < 4.78 is 23.9. The number of likely N-dealkylation sites (tertiary alicyclic amines) is 2. The first-order chi connectivity index (χ1) is 29.0. The zero-order valence-corrected chi connectivity index (χ0v) is 34.8. The van der Waals surface area contributed by atoms with E-state index in [1.165, 1.54) is 25.7 Å². The van der Waals surface area contributed by atoms with Gasteiger partial charge in [0.2, 0.25) is 11.8 Å². The average molecular weight is 866 g/mol. The molecule has 0 bridgehead atoms. The Balaban J connectivity index is 0.000000141. The van der Waals surface area contributed by atoms with E-state index in [4.69, 9.17) is 63.2 Å². The SMILES string of the molecule is Nc1c(Cl)cc(-c2nnc(C3CCN(C4CC4)CC3)o2)c2c1CCCO2.Nc1c(Cl)cc(-c2nnc(C3CCN(C4CC4)CC3)o2)c2c1CCCO2.O=C(O)/C=C/C(=O)O. The summed E-state index contributed by atoms with van der Waals surface area (Å²) in [6, 6.07) is 5.23. The molecular formula is C42H50Cl2N8O8. The number of fused-ring (bicyclic) bond motifs is 2. The van der Waals surface area contributed by atoms with Gasteiger partial charge in [-0.05, 0) is 115 Å². The lowest BCUT2D eigenvalue weighted by molar-refractivity contribution is -0.134. The van der Waals surface area contributed by atoms with Crippen molar-refractivity contribution in [3.05, 3.63) is 57.2 Å². The van der Waals surface area contributed by atoms with Crippen LogP contribution in [0, 0.1) is 0 Å². The highest BCUT2D eigenvalue weighted by Crippen LogP contribution is 2.45. The fourth-order valence-electron chi connectivity index (χ4n) is 8.45. The molecule has 60 heavy (non-hydrogen) atoms. The van der Waals surface area contributed by atoms with Crippen LogP contribution in [-0.4, -0.2) is 104 Å². The summed E-state index contributed by atoms with van der Waals surface area (Å²) in [5.74, 6) is 2.07. The Morgan fingerprint density at radius 1 is 0.633 bits per heavy atom. The number of ether oxygens (including phenoxy) is 2. The Hall–Kier alpha value is -4.90. The molecule has 0 unspecified atom stereocenters. The fourth-order valence-corrected chi connectivity index (χ4v) is 8.90. The van der Waals surface area contributed by atoms with Crippen molar-refractivity contribution < 1.29 is 38.1 Å². The number of carboxylic acids is 2. The fraction of sp³-hybridized carbons (Fsp3) is 0.524. The molecule has 0 spiro atoms. The lowest BCUT2D eigenvalue weighted by Crippen LogP contribution is -2.34. The van der Waals surface area contributed by atoms with Gasteiger partial charge < -0.3 is 49.8 Å². The molecule has 16 nitrogen and oxygen atoms in total. The smallest absolute Gasteiger partial charge is 0.328 e. The van der Waals surface area contributed by atoms with E-state index in [9.17, 15) is 9.59 Å². The Labute approximate surface area is 357 Å². The summed E-state index contributed by atoms with van der Waals surface area (Å²) >= 11 is 12.7. The van der Waals surface area contributed by atoms with Crippen LogP contribution in [0.15, 0.2) is 33.1 Å². The molecule has 4 aromatic rings. The molecule has 2 saturated heterocycles. The highest BCUT2D eigenvalue weighted by Gasteiger charge is 2.36. The van der Waals surface area contributed by atoms with Crippen LogP contribution in [-0.2, 0) is 22.4 Å². The Kier molecular flexibility index (Phi) is 12.8. The Morgan fingerprint density at radius 3 is 1.37 bits per heavy atom. The van der Waals surface area contributed by atoms with E-state index in [1.54, 1.807) is 12.1 Å². The van der Waals surface area contributed by atoms with Crippen molar-refractivity contribution in [2.45, 2.75) is 101 Å². The van der Waals surface area contributed by atoms with Gasteiger partial charge in [-0.2, -0.15) is 0 Å². The maximum Gasteiger partial charge on any atom is 0.328 e. The third kappa shape index (κ3) is 9.67. The van der Waals surface area contributed by atoms with Crippen LogP contribution in [0.2, 0.25) is 10.0 Å². The zero-order chi connectivity index (χ0) is 41.9. The maximum atomic E-state index is 9.55. The topological polar surface area (TPSA) is 229 Å². The van der Waals surface area contributed by atoms with Gasteiger partial charge in [0.25, 0.3) is 11.8 Å². The summed E-state index contributed by atoms with van der Waals surface area (Å²) in [6.45, 7) is 5.83. The van der Waals surface area contributed by atoms with Crippen LogP contribution < -0.4 is 20.9 Å². The summed E-state index contributed by atoms with van der Waals surface area (Å²) in [5.41, 5.74) is 16.9. The number of piperidine rings is 2. The number of aromatic nitrogens is 4. The second kappa shape index (κ2) is 18.4. The molecule has 6 aliphatic rings. The number of carbonyl (C=O) groups is 2. The highest BCUT2D eigenvalue weighted by molar-refractivity contribution is 6.34. The van der Waals surface area contributed by atoms with Gasteiger partial charge >= 0.3 is 11.9 Å². The number of nitrogen functional groups attached to an aromatic ring is 2. The van der Waals surface area contributed by atoms with Crippen molar-refractivity contribution in [3.8, 4) is 34.4 Å². The second-order valence-electron chi connectivity index (χ2n) is 16.1. The third-order valence-electron chi connectivity index (χ3n) is 12.0. The highest BCUT2D eigenvalue weighted by atomic mass is 35.5. The molecule has 0 amide bonds. The van der Waals surface area contributed by atoms with E-state index in [1.807, 2.05) is 0 Å². The van der Waals surface area contributed by atoms with Crippen molar-refractivity contribution in [2.75, 3.05) is 50.9 Å². The van der Waals surface area contributed by atoms with Gasteiger partial charge in [-0.15, -0.1) is 20.4 Å². The van der Waals surface area contributed by atoms with Crippen molar-refractivity contribution in [2.24, 2.45) is 0 Å². The van der Waals surface area contributed by atoms with Gasteiger partial charge in [0.15, 0.2) is 0 Å². The van der Waals surface area contributed by atoms with Crippen LogP contribution in [0.25, 0.3) is 22.9 Å². The number of rotatable bonds is 8. The predicted molar refractivity (Wildman–Crippen MR) is 223 cm³/mol. The first kappa shape index (κ1) is 41.8. The number of halogens is 2. The molecule has 6 heterocycles. The number of benzene rings is 2. The van der Waals surface area contributed by atoms with E-state index in [-0.39, 0.29) is 0 Å². The molecule has 320 valence electrons. The van der Waals surface area contributed by atoms with Gasteiger partial charge in [-0.3, -0.25) is 0 Å². The number of anilines is 2. The second-order valence-corrected chi connectivity index (χ2v) is 17.0. The molecular weight excluding hydrogens is 815 g/mol. The monoisotopic (exact) mass is 864 g/mol. The minimum atomic E-state index is -1.26. The molecule has 0 atom stereocenters. The number of hydrogen-bond acceptors (Lipinski definition) is 14. The van der Waals surface area contributed by atoms with Gasteiger partial charge in [-0.1, -0.05) is 23.2 Å². The summed E-state index contributed by atoms with van der Waals surface area (Å²) in [4.78, 5) is 24.3.